The zero-order chi connectivity index (χ0) is 16.9. The third-order valence-corrected chi connectivity index (χ3v) is 4.36. The first-order valence-corrected chi connectivity index (χ1v) is 8.44. The number of phenols is 1. The summed E-state index contributed by atoms with van der Waals surface area (Å²) < 4.78 is 5.38. The van der Waals surface area contributed by atoms with Gasteiger partial charge in [-0.05, 0) is 36.1 Å². The molecule has 1 N–H and O–H groups in total. The Hall–Kier alpha value is -2.55. The summed E-state index contributed by atoms with van der Waals surface area (Å²) in [4.78, 5) is 4.68. The van der Waals surface area contributed by atoms with Crippen LogP contribution in [0.25, 0.3) is 6.08 Å². The van der Waals surface area contributed by atoms with E-state index in [0.717, 1.165) is 48.2 Å². The summed E-state index contributed by atoms with van der Waals surface area (Å²) in [6, 6.07) is 12.1. The maximum atomic E-state index is 10.5. The largest absolute Gasteiger partial charge is 0.504 e. The van der Waals surface area contributed by atoms with Crippen LogP contribution >= 0.6 is 0 Å². The van der Waals surface area contributed by atoms with Gasteiger partial charge in [0.2, 0.25) is 0 Å². The number of aliphatic imine (C=N–C) groups is 1. The van der Waals surface area contributed by atoms with Crippen LogP contribution in [0.3, 0.4) is 0 Å². The van der Waals surface area contributed by atoms with Crippen molar-refractivity contribution in [2.75, 3.05) is 13.7 Å². The maximum absolute atomic E-state index is 10.5. The van der Waals surface area contributed by atoms with Crippen molar-refractivity contribution in [3.8, 4) is 11.5 Å². The van der Waals surface area contributed by atoms with Crippen LogP contribution in [0.1, 0.15) is 35.6 Å². The predicted molar refractivity (Wildman–Crippen MR) is 99.2 cm³/mol. The van der Waals surface area contributed by atoms with E-state index in [-0.39, 0.29) is 5.75 Å². The van der Waals surface area contributed by atoms with Gasteiger partial charge in [0.05, 0.1) is 12.8 Å². The highest BCUT2D eigenvalue weighted by Gasteiger charge is 2.21. The molecule has 0 saturated carbocycles. The van der Waals surface area contributed by atoms with Crippen molar-refractivity contribution >= 4 is 11.8 Å². The van der Waals surface area contributed by atoms with Gasteiger partial charge in [-0.15, -0.1) is 0 Å². The predicted octanol–water partition coefficient (Wildman–Crippen LogP) is 4.41. The Kier molecular flexibility index (Phi) is 4.99. The third-order valence-electron chi connectivity index (χ3n) is 4.36. The number of allylic oxidation sites excluding steroid dienone is 1. The summed E-state index contributed by atoms with van der Waals surface area (Å²) in [6.07, 6.45) is 6.83. The Morgan fingerprint density at radius 1 is 1.21 bits per heavy atom. The van der Waals surface area contributed by atoms with Crippen molar-refractivity contribution in [1.82, 2.24) is 0 Å². The number of rotatable bonds is 5. The van der Waals surface area contributed by atoms with Crippen LogP contribution in [0.5, 0.6) is 11.5 Å². The first-order chi connectivity index (χ1) is 11.7. The van der Waals surface area contributed by atoms with E-state index in [1.54, 1.807) is 7.11 Å². The first kappa shape index (κ1) is 16.3. The normalized spacial score (nSPS) is 13.7. The standard InChI is InChI=1S/C21H23NO2/c1-3-7-17-16-12-13-22-19(11-10-15-8-5-4-6-9-15)18(16)14-20(24-2)21(17)23/h4-6,8-11,14,23H,3,7,12-13H2,1-2H3/b11-10+. The molecule has 0 spiro atoms. The van der Waals surface area contributed by atoms with Crippen LogP contribution in [0.2, 0.25) is 0 Å². The molecule has 3 heteroatoms. The Balaban J connectivity index is 2.03. The van der Waals surface area contributed by atoms with Crippen LogP contribution in [0.4, 0.5) is 0 Å². The molecule has 0 unspecified atom stereocenters. The molecule has 1 aliphatic rings. The van der Waals surface area contributed by atoms with E-state index >= 15 is 0 Å². The number of hydrogen-bond acceptors (Lipinski definition) is 3. The minimum atomic E-state index is 0.284. The monoisotopic (exact) mass is 321 g/mol. The van der Waals surface area contributed by atoms with Gasteiger partial charge < -0.3 is 9.84 Å². The summed E-state index contributed by atoms with van der Waals surface area (Å²) in [5.74, 6) is 0.811. The van der Waals surface area contributed by atoms with Gasteiger partial charge in [0, 0.05) is 17.7 Å². The molecule has 0 aliphatic carbocycles. The quantitative estimate of drug-likeness (QED) is 0.886. The molecular formula is C21H23NO2. The number of benzene rings is 2. The molecule has 24 heavy (non-hydrogen) atoms. The van der Waals surface area contributed by atoms with Crippen molar-refractivity contribution < 1.29 is 9.84 Å². The lowest BCUT2D eigenvalue weighted by molar-refractivity contribution is 0.369. The topological polar surface area (TPSA) is 41.8 Å². The minimum Gasteiger partial charge on any atom is -0.504 e. The van der Waals surface area contributed by atoms with Crippen molar-refractivity contribution in [1.29, 1.82) is 0 Å². The number of methoxy groups -OCH3 is 1. The molecule has 1 heterocycles. The van der Waals surface area contributed by atoms with Gasteiger partial charge in [-0.3, -0.25) is 4.99 Å². The maximum Gasteiger partial charge on any atom is 0.161 e. The van der Waals surface area contributed by atoms with Gasteiger partial charge in [-0.25, -0.2) is 0 Å². The Morgan fingerprint density at radius 3 is 2.71 bits per heavy atom. The van der Waals surface area contributed by atoms with E-state index in [2.05, 4.69) is 36.2 Å². The molecular weight excluding hydrogens is 298 g/mol. The SMILES string of the molecule is CCCc1c(O)c(OC)cc2c1CCN=C2/C=C/c1ccccc1. The molecule has 0 atom stereocenters. The van der Waals surface area contributed by atoms with Gasteiger partial charge in [0.15, 0.2) is 11.5 Å². The smallest absolute Gasteiger partial charge is 0.161 e. The van der Waals surface area contributed by atoms with Crippen LogP contribution in [-0.4, -0.2) is 24.5 Å². The second kappa shape index (κ2) is 7.35. The van der Waals surface area contributed by atoms with Crippen LogP contribution in [-0.2, 0) is 12.8 Å². The van der Waals surface area contributed by atoms with E-state index < -0.39 is 0 Å². The Bertz CT molecular complexity index is 776. The van der Waals surface area contributed by atoms with Crippen molar-refractivity contribution in [2.45, 2.75) is 26.2 Å². The van der Waals surface area contributed by atoms with Crippen LogP contribution < -0.4 is 4.74 Å². The molecule has 2 aromatic carbocycles. The van der Waals surface area contributed by atoms with E-state index in [1.807, 2.05) is 24.3 Å². The summed E-state index contributed by atoms with van der Waals surface area (Å²) in [7, 11) is 1.59. The summed E-state index contributed by atoms with van der Waals surface area (Å²) in [5.41, 5.74) is 5.39. The fourth-order valence-electron chi connectivity index (χ4n) is 3.18. The number of hydrogen-bond donors (Lipinski definition) is 1. The average Bonchev–Trinajstić information content (AvgIpc) is 2.63. The van der Waals surface area contributed by atoms with Gasteiger partial charge in [-0.2, -0.15) is 0 Å². The summed E-state index contributed by atoms with van der Waals surface area (Å²) in [6.45, 7) is 2.88. The van der Waals surface area contributed by atoms with Crippen molar-refractivity contribution in [3.63, 3.8) is 0 Å². The molecule has 3 nitrogen and oxygen atoms in total. The molecule has 1 aliphatic heterocycles. The van der Waals surface area contributed by atoms with Crippen LogP contribution in [0.15, 0.2) is 47.5 Å². The highest BCUT2D eigenvalue weighted by molar-refractivity contribution is 6.12. The minimum absolute atomic E-state index is 0.284. The fourth-order valence-corrected chi connectivity index (χ4v) is 3.18. The highest BCUT2D eigenvalue weighted by Crippen LogP contribution is 2.37. The summed E-state index contributed by atoms with van der Waals surface area (Å²) in [5, 5.41) is 10.5. The van der Waals surface area contributed by atoms with Crippen LogP contribution in [0, 0.1) is 0 Å². The lowest BCUT2D eigenvalue weighted by Gasteiger charge is -2.21. The van der Waals surface area contributed by atoms with Gasteiger partial charge in [0.1, 0.15) is 0 Å². The Labute approximate surface area is 143 Å². The van der Waals surface area contributed by atoms with E-state index in [4.69, 9.17) is 4.74 Å². The first-order valence-electron chi connectivity index (χ1n) is 8.44. The highest BCUT2D eigenvalue weighted by atomic mass is 16.5. The second-order valence-electron chi connectivity index (χ2n) is 5.94. The lowest BCUT2D eigenvalue weighted by Crippen LogP contribution is -2.14. The zero-order valence-electron chi connectivity index (χ0n) is 14.2. The number of nitrogens with zero attached hydrogens (tertiary/aromatic N) is 1. The van der Waals surface area contributed by atoms with E-state index in [1.165, 1.54) is 5.56 Å². The molecule has 0 amide bonds. The number of phenolic OH excluding ortho intramolecular Hbond substituents is 1. The van der Waals surface area contributed by atoms with Gasteiger partial charge in [0.25, 0.3) is 0 Å². The molecule has 0 saturated heterocycles. The molecule has 0 radical (unpaired) electrons. The summed E-state index contributed by atoms with van der Waals surface area (Å²) >= 11 is 0. The molecule has 2 aromatic rings. The Morgan fingerprint density at radius 2 is 2.00 bits per heavy atom. The van der Waals surface area contributed by atoms with Crippen molar-refractivity contribution in [2.24, 2.45) is 4.99 Å². The number of fused-ring (bicyclic) bond motifs is 1. The fraction of sp³-hybridized carbons (Fsp3) is 0.286. The molecule has 0 aromatic heterocycles. The number of aromatic hydroxyl groups is 1. The second-order valence-corrected chi connectivity index (χ2v) is 5.94. The van der Waals surface area contributed by atoms with E-state index in [9.17, 15) is 5.11 Å². The third kappa shape index (κ3) is 3.21. The zero-order valence-corrected chi connectivity index (χ0v) is 14.2. The average molecular weight is 321 g/mol. The van der Waals surface area contributed by atoms with Gasteiger partial charge in [-0.1, -0.05) is 49.8 Å². The number of ether oxygens (including phenoxy) is 1. The van der Waals surface area contributed by atoms with Crippen molar-refractivity contribution in [3.05, 3.63) is 64.7 Å². The molecule has 3 rings (SSSR count). The molecule has 124 valence electrons. The van der Waals surface area contributed by atoms with E-state index in [0.29, 0.717) is 5.75 Å². The van der Waals surface area contributed by atoms with Gasteiger partial charge >= 0.3 is 0 Å². The molecule has 0 bridgehead atoms. The lowest BCUT2D eigenvalue weighted by atomic mass is 9.89. The molecule has 0 fully saturated rings.